The second-order valence-corrected chi connectivity index (χ2v) is 4.95. The van der Waals surface area contributed by atoms with Gasteiger partial charge in [-0.3, -0.25) is 4.79 Å². The number of aryl methyl sites for hydroxylation is 1. The van der Waals surface area contributed by atoms with Crippen LogP contribution < -0.4 is 0 Å². The minimum Gasteiger partial charge on any atom is -0.379 e. The molecule has 0 aromatic carbocycles. The number of nitrogens with zero attached hydrogens (tertiary/aromatic N) is 3. The minimum atomic E-state index is 0.138. The zero-order valence-corrected chi connectivity index (χ0v) is 12.3. The van der Waals surface area contributed by atoms with Crippen molar-refractivity contribution in [3.63, 3.8) is 0 Å². The van der Waals surface area contributed by atoms with Crippen LogP contribution in [-0.2, 0) is 27.3 Å². The molecule has 20 heavy (non-hydrogen) atoms. The van der Waals surface area contributed by atoms with Gasteiger partial charge in [-0.2, -0.15) is 0 Å². The molecule has 6 heteroatoms. The number of carbonyl (C=O) groups excluding carboxylic acids is 2. The van der Waals surface area contributed by atoms with Crippen molar-refractivity contribution in [2.24, 2.45) is 0 Å². The van der Waals surface area contributed by atoms with E-state index in [-0.39, 0.29) is 11.6 Å². The summed E-state index contributed by atoms with van der Waals surface area (Å²) in [7, 11) is 0. The highest BCUT2D eigenvalue weighted by molar-refractivity contribution is 5.75. The van der Waals surface area contributed by atoms with E-state index in [4.69, 9.17) is 4.74 Å². The molecule has 0 amide bonds. The average Bonchev–Trinajstić information content (AvgIpc) is 2.81. The second kappa shape index (κ2) is 9.36. The molecule has 112 valence electrons. The molecule has 0 N–H and O–H groups in total. The number of carbonyl (C=O) groups is 2. The number of aromatic nitrogens is 3. The summed E-state index contributed by atoms with van der Waals surface area (Å²) in [5.41, 5.74) is 0.942. The lowest BCUT2D eigenvalue weighted by molar-refractivity contribution is -0.118. The number of ether oxygens (including phenoxy) is 1. The Morgan fingerprint density at radius 2 is 1.90 bits per heavy atom. The summed E-state index contributed by atoms with van der Waals surface area (Å²) < 4.78 is 7.08. The standard InChI is InChI=1S/C14H23N3O3/c1-12(18)5-3-4-6-14-11-17(16-15-14)8-10-20-9-7-13(2)19/h11H,3-10H2,1-2H3. The Morgan fingerprint density at radius 1 is 1.15 bits per heavy atom. The van der Waals surface area contributed by atoms with E-state index in [1.807, 2.05) is 6.20 Å². The SMILES string of the molecule is CC(=O)CCCCc1cn(CCOCCC(C)=O)nn1. The van der Waals surface area contributed by atoms with Crippen LogP contribution in [0.4, 0.5) is 0 Å². The van der Waals surface area contributed by atoms with Gasteiger partial charge in [0.25, 0.3) is 0 Å². The zero-order valence-electron chi connectivity index (χ0n) is 12.3. The van der Waals surface area contributed by atoms with E-state index >= 15 is 0 Å². The van der Waals surface area contributed by atoms with Gasteiger partial charge < -0.3 is 9.53 Å². The first kappa shape index (κ1) is 16.5. The van der Waals surface area contributed by atoms with E-state index in [1.54, 1.807) is 18.5 Å². The van der Waals surface area contributed by atoms with Crippen LogP contribution in [-0.4, -0.2) is 39.8 Å². The first-order valence-electron chi connectivity index (χ1n) is 7.03. The van der Waals surface area contributed by atoms with Crippen LogP contribution in [0.5, 0.6) is 0 Å². The monoisotopic (exact) mass is 281 g/mol. The van der Waals surface area contributed by atoms with Gasteiger partial charge in [0.05, 0.1) is 25.5 Å². The van der Waals surface area contributed by atoms with Crippen LogP contribution in [0, 0.1) is 0 Å². The quantitative estimate of drug-likeness (QED) is 0.576. The molecule has 0 saturated carbocycles. The topological polar surface area (TPSA) is 74.1 Å². The number of Topliss-reactive ketones (excluding diaryl/α,β-unsaturated/α-hetero) is 2. The number of ketones is 2. The van der Waals surface area contributed by atoms with Gasteiger partial charge in [-0.05, 0) is 33.1 Å². The number of unbranched alkanes of at least 4 members (excludes halogenated alkanes) is 1. The molecule has 0 aliphatic carbocycles. The Labute approximate surface area is 119 Å². The molecule has 0 aliphatic heterocycles. The van der Waals surface area contributed by atoms with Gasteiger partial charge in [0.15, 0.2) is 0 Å². The Hall–Kier alpha value is -1.56. The predicted molar refractivity (Wildman–Crippen MR) is 74.4 cm³/mol. The summed E-state index contributed by atoms with van der Waals surface area (Å²) in [5, 5.41) is 8.09. The number of hydrogen-bond acceptors (Lipinski definition) is 5. The molecule has 0 saturated heterocycles. The average molecular weight is 281 g/mol. The van der Waals surface area contributed by atoms with Gasteiger partial charge >= 0.3 is 0 Å². The van der Waals surface area contributed by atoms with E-state index in [0.29, 0.717) is 32.6 Å². The van der Waals surface area contributed by atoms with Crippen molar-refractivity contribution in [3.8, 4) is 0 Å². The largest absolute Gasteiger partial charge is 0.379 e. The van der Waals surface area contributed by atoms with Crippen molar-refractivity contribution in [3.05, 3.63) is 11.9 Å². The van der Waals surface area contributed by atoms with Gasteiger partial charge in [-0.25, -0.2) is 4.68 Å². The molecule has 0 fully saturated rings. The lowest BCUT2D eigenvalue weighted by Gasteiger charge is -2.02. The highest BCUT2D eigenvalue weighted by Crippen LogP contribution is 2.03. The molecule has 1 heterocycles. The van der Waals surface area contributed by atoms with Crippen LogP contribution >= 0.6 is 0 Å². The normalized spacial score (nSPS) is 10.7. The fraction of sp³-hybridized carbons (Fsp3) is 0.714. The Morgan fingerprint density at radius 3 is 2.60 bits per heavy atom. The van der Waals surface area contributed by atoms with E-state index < -0.39 is 0 Å². The van der Waals surface area contributed by atoms with E-state index in [0.717, 1.165) is 25.0 Å². The van der Waals surface area contributed by atoms with Crippen molar-refractivity contribution in [2.45, 2.75) is 52.5 Å². The maximum Gasteiger partial charge on any atom is 0.132 e. The molecule has 0 atom stereocenters. The highest BCUT2D eigenvalue weighted by atomic mass is 16.5. The van der Waals surface area contributed by atoms with Gasteiger partial charge in [0, 0.05) is 19.0 Å². The van der Waals surface area contributed by atoms with Crippen LogP contribution in [0.2, 0.25) is 0 Å². The van der Waals surface area contributed by atoms with Gasteiger partial charge in [0.2, 0.25) is 0 Å². The van der Waals surface area contributed by atoms with Crippen LogP contribution in [0.1, 0.15) is 45.2 Å². The number of hydrogen-bond donors (Lipinski definition) is 0. The Balaban J connectivity index is 2.12. The van der Waals surface area contributed by atoms with Crippen molar-refractivity contribution >= 4 is 11.6 Å². The summed E-state index contributed by atoms with van der Waals surface area (Å²) in [6.07, 6.45) is 5.70. The Bertz CT molecular complexity index is 429. The van der Waals surface area contributed by atoms with Gasteiger partial charge in [-0.1, -0.05) is 5.21 Å². The molecule has 1 aromatic heterocycles. The maximum atomic E-state index is 10.8. The second-order valence-electron chi connectivity index (χ2n) is 4.95. The van der Waals surface area contributed by atoms with E-state index in [1.165, 1.54) is 0 Å². The van der Waals surface area contributed by atoms with Crippen molar-refractivity contribution < 1.29 is 14.3 Å². The minimum absolute atomic E-state index is 0.138. The van der Waals surface area contributed by atoms with Crippen molar-refractivity contribution in [2.75, 3.05) is 13.2 Å². The molecular weight excluding hydrogens is 258 g/mol. The first-order chi connectivity index (χ1) is 9.58. The third-order valence-electron chi connectivity index (χ3n) is 2.86. The summed E-state index contributed by atoms with van der Waals surface area (Å²) in [5.74, 6) is 0.370. The molecule has 6 nitrogen and oxygen atoms in total. The summed E-state index contributed by atoms with van der Waals surface area (Å²) in [6.45, 7) is 4.79. The van der Waals surface area contributed by atoms with E-state index in [2.05, 4.69) is 10.3 Å². The van der Waals surface area contributed by atoms with E-state index in [9.17, 15) is 9.59 Å². The van der Waals surface area contributed by atoms with Crippen molar-refractivity contribution in [1.29, 1.82) is 0 Å². The van der Waals surface area contributed by atoms with Crippen molar-refractivity contribution in [1.82, 2.24) is 15.0 Å². The fourth-order valence-corrected chi connectivity index (χ4v) is 1.72. The van der Waals surface area contributed by atoms with Crippen LogP contribution in [0.15, 0.2) is 6.20 Å². The van der Waals surface area contributed by atoms with Crippen LogP contribution in [0.25, 0.3) is 0 Å². The lowest BCUT2D eigenvalue weighted by Crippen LogP contribution is -2.08. The molecule has 0 unspecified atom stereocenters. The smallest absolute Gasteiger partial charge is 0.132 e. The molecule has 1 aromatic rings. The van der Waals surface area contributed by atoms with Crippen LogP contribution in [0.3, 0.4) is 0 Å². The van der Waals surface area contributed by atoms with Gasteiger partial charge in [0.1, 0.15) is 11.6 Å². The third-order valence-corrected chi connectivity index (χ3v) is 2.86. The third kappa shape index (κ3) is 7.78. The first-order valence-corrected chi connectivity index (χ1v) is 7.03. The molecule has 0 aliphatic rings. The molecule has 0 spiro atoms. The highest BCUT2D eigenvalue weighted by Gasteiger charge is 2.02. The summed E-state index contributed by atoms with van der Waals surface area (Å²) in [4.78, 5) is 21.5. The molecule has 0 radical (unpaired) electrons. The molecule has 1 rings (SSSR count). The molecular formula is C14H23N3O3. The zero-order chi connectivity index (χ0) is 14.8. The summed E-state index contributed by atoms with van der Waals surface area (Å²) >= 11 is 0. The fourth-order valence-electron chi connectivity index (χ4n) is 1.72. The predicted octanol–water partition coefficient (Wildman–Crippen LogP) is 1.58. The lowest BCUT2D eigenvalue weighted by atomic mass is 10.1. The summed E-state index contributed by atoms with van der Waals surface area (Å²) in [6, 6.07) is 0. The number of rotatable bonds is 11. The Kier molecular flexibility index (Phi) is 7.72. The maximum absolute atomic E-state index is 10.8. The van der Waals surface area contributed by atoms with Gasteiger partial charge in [-0.15, -0.1) is 5.10 Å². The molecule has 0 bridgehead atoms.